The van der Waals surface area contributed by atoms with E-state index in [2.05, 4.69) is 10.2 Å². The van der Waals surface area contributed by atoms with E-state index in [4.69, 9.17) is 0 Å². The molecule has 1 N–H and O–H groups in total. The number of nitrogens with one attached hydrogen (secondary N) is 1. The topological polar surface area (TPSA) is 91.7 Å². The first-order valence-electron chi connectivity index (χ1n) is 16.1. The van der Waals surface area contributed by atoms with E-state index in [9.17, 15) is 32.3 Å². The van der Waals surface area contributed by atoms with E-state index >= 15 is 0 Å². The van der Waals surface area contributed by atoms with Crippen molar-refractivity contribution in [1.82, 2.24) is 4.57 Å². The van der Waals surface area contributed by atoms with Gasteiger partial charge in [-0.2, -0.15) is 13.2 Å². The first-order chi connectivity index (χ1) is 24.0. The molecule has 3 unspecified atom stereocenters. The Bertz CT molecular complexity index is 2190. The van der Waals surface area contributed by atoms with E-state index in [1.54, 1.807) is 6.07 Å². The average Bonchev–Trinajstić information content (AvgIpc) is 3.55. The van der Waals surface area contributed by atoms with Crippen molar-refractivity contribution < 1.29 is 27.6 Å². The van der Waals surface area contributed by atoms with Gasteiger partial charge in [0, 0.05) is 40.6 Å². The molecule has 7 rings (SSSR count). The highest BCUT2D eigenvalue weighted by molar-refractivity contribution is 8.00. The van der Waals surface area contributed by atoms with Gasteiger partial charge < -0.3 is 10.2 Å². The number of imide groups is 1. The van der Waals surface area contributed by atoms with Crippen LogP contribution in [0.1, 0.15) is 35.8 Å². The van der Waals surface area contributed by atoms with E-state index in [1.165, 1.54) is 16.7 Å². The first kappa shape index (κ1) is 33.6. The number of thioether (sulfide) groups is 1. The lowest BCUT2D eigenvalue weighted by Gasteiger charge is -2.31. The number of carbonyl (C=O) groups is 3. The second-order valence-electron chi connectivity index (χ2n) is 12.0. The van der Waals surface area contributed by atoms with Gasteiger partial charge in [0.15, 0.2) is 0 Å². The normalized spacial score (nSPS) is 18.7. The number of para-hydroxylation sites is 1. The molecule has 3 atom stereocenters. The van der Waals surface area contributed by atoms with Crippen LogP contribution in [-0.2, 0) is 27.1 Å². The van der Waals surface area contributed by atoms with Crippen LogP contribution in [0, 0.1) is 5.92 Å². The fourth-order valence-electron chi connectivity index (χ4n) is 6.91. The van der Waals surface area contributed by atoms with Crippen LogP contribution in [0.5, 0.6) is 0 Å². The van der Waals surface area contributed by atoms with Crippen LogP contribution in [-0.4, -0.2) is 40.6 Å². The van der Waals surface area contributed by atoms with Crippen molar-refractivity contribution in [3.63, 3.8) is 0 Å². The van der Waals surface area contributed by atoms with Crippen molar-refractivity contribution in [3.8, 4) is 0 Å². The maximum atomic E-state index is 14.2. The Morgan fingerprint density at radius 3 is 2.26 bits per heavy atom. The molecule has 4 aromatic carbocycles. The van der Waals surface area contributed by atoms with Gasteiger partial charge in [-0.15, -0.1) is 0 Å². The van der Waals surface area contributed by atoms with Gasteiger partial charge in [0.1, 0.15) is 11.8 Å². The molecule has 3 heterocycles. The van der Waals surface area contributed by atoms with E-state index in [-0.39, 0.29) is 6.54 Å². The summed E-state index contributed by atoms with van der Waals surface area (Å²) in [5, 5.41) is 3.85. The quantitative estimate of drug-likeness (QED) is 0.169. The minimum absolute atomic E-state index is 0.347. The molecule has 1 fully saturated rings. The number of nitrogens with zero attached hydrogens (tertiary/aromatic N) is 3. The smallest absolute Gasteiger partial charge is 0.372 e. The van der Waals surface area contributed by atoms with Crippen molar-refractivity contribution in [2.24, 2.45) is 5.92 Å². The Morgan fingerprint density at radius 1 is 0.860 bits per heavy atom. The predicted molar refractivity (Wildman–Crippen MR) is 190 cm³/mol. The van der Waals surface area contributed by atoms with Gasteiger partial charge in [0.2, 0.25) is 17.7 Å². The number of hydrogen-bond acceptors (Lipinski definition) is 7. The summed E-state index contributed by atoms with van der Waals surface area (Å²) < 4.78 is 43.7. The summed E-state index contributed by atoms with van der Waals surface area (Å²) in [5.74, 6) is -3.95. The number of alkyl halides is 3. The Morgan fingerprint density at radius 2 is 1.54 bits per heavy atom. The molecule has 0 radical (unpaired) electrons. The van der Waals surface area contributed by atoms with E-state index in [0.717, 1.165) is 64.8 Å². The third kappa shape index (κ3) is 5.77. The van der Waals surface area contributed by atoms with Crippen LogP contribution in [0.3, 0.4) is 0 Å². The molecule has 3 amide bonds. The molecule has 256 valence electrons. The number of carbonyl (C=O) groups excluding carboxylic acids is 3. The summed E-state index contributed by atoms with van der Waals surface area (Å²) in [6.45, 7) is 5.21. The number of thiazole rings is 1. The Labute approximate surface area is 293 Å². The van der Waals surface area contributed by atoms with Gasteiger partial charge >= 0.3 is 11.0 Å². The average molecular weight is 717 g/mol. The molecule has 1 aromatic heterocycles. The Balaban J connectivity index is 1.30. The van der Waals surface area contributed by atoms with Crippen LogP contribution in [0.2, 0.25) is 0 Å². The maximum absolute atomic E-state index is 14.2. The molecule has 50 heavy (non-hydrogen) atoms. The van der Waals surface area contributed by atoms with Gasteiger partial charge in [-0.1, -0.05) is 83.8 Å². The van der Waals surface area contributed by atoms with Crippen molar-refractivity contribution in [1.29, 1.82) is 0 Å². The van der Waals surface area contributed by atoms with Crippen LogP contribution in [0.15, 0.2) is 101 Å². The fourth-order valence-corrected chi connectivity index (χ4v) is 9.68. The van der Waals surface area contributed by atoms with Crippen molar-refractivity contribution in [2.45, 2.75) is 42.8 Å². The SMILES string of the molecule is CCN(CC)c1ccc(C2c3sc(=O)n(CC(=O)Nc4cccc5ccccc45)c3SC3C(=O)N(c4ccccc4C(F)(F)F)C(=O)C32)cc1. The summed E-state index contributed by atoms with van der Waals surface area (Å²) in [6, 6.07) is 25.0. The van der Waals surface area contributed by atoms with Gasteiger partial charge in [-0.3, -0.25) is 23.7 Å². The minimum atomic E-state index is -4.81. The molecule has 1 saturated heterocycles. The lowest BCUT2D eigenvalue weighted by Crippen LogP contribution is -2.33. The van der Waals surface area contributed by atoms with Gasteiger partial charge in [0.05, 0.1) is 22.2 Å². The molecule has 2 aliphatic rings. The van der Waals surface area contributed by atoms with E-state index < -0.39 is 57.1 Å². The summed E-state index contributed by atoms with van der Waals surface area (Å²) in [4.78, 5) is 58.2. The molecule has 8 nitrogen and oxygen atoms in total. The molecular weight excluding hydrogens is 686 g/mol. The number of halogens is 3. The molecule has 0 saturated carbocycles. The van der Waals surface area contributed by atoms with Crippen LogP contribution < -0.4 is 20.0 Å². The molecule has 0 bridgehead atoms. The number of rotatable bonds is 8. The van der Waals surface area contributed by atoms with Crippen LogP contribution >= 0.6 is 23.1 Å². The number of benzene rings is 4. The summed E-state index contributed by atoms with van der Waals surface area (Å²) in [6.07, 6.45) is -4.81. The molecule has 0 spiro atoms. The van der Waals surface area contributed by atoms with Crippen LogP contribution in [0.4, 0.5) is 30.2 Å². The largest absolute Gasteiger partial charge is 0.418 e. The zero-order chi connectivity index (χ0) is 35.3. The summed E-state index contributed by atoms with van der Waals surface area (Å²) in [7, 11) is 0. The van der Waals surface area contributed by atoms with E-state index in [1.807, 2.05) is 74.5 Å². The zero-order valence-electron chi connectivity index (χ0n) is 26.9. The number of amides is 3. The van der Waals surface area contributed by atoms with Gasteiger partial charge in [0.25, 0.3) is 0 Å². The predicted octanol–water partition coefficient (Wildman–Crippen LogP) is 7.36. The molecule has 13 heteroatoms. The highest BCUT2D eigenvalue weighted by atomic mass is 32.2. The minimum Gasteiger partial charge on any atom is -0.372 e. The zero-order valence-corrected chi connectivity index (χ0v) is 28.6. The van der Waals surface area contributed by atoms with Crippen molar-refractivity contribution in [2.75, 3.05) is 28.2 Å². The Hall–Kier alpha value is -4.88. The van der Waals surface area contributed by atoms with Gasteiger partial charge in [-0.25, -0.2) is 4.90 Å². The van der Waals surface area contributed by atoms with Crippen molar-refractivity contribution in [3.05, 3.63) is 117 Å². The summed E-state index contributed by atoms with van der Waals surface area (Å²) in [5.41, 5.74) is 0.516. The highest BCUT2D eigenvalue weighted by Crippen LogP contribution is 2.54. The third-order valence-corrected chi connectivity index (χ3v) is 11.8. The lowest BCUT2D eigenvalue weighted by molar-refractivity contribution is -0.137. The van der Waals surface area contributed by atoms with E-state index in [0.29, 0.717) is 26.1 Å². The standard InChI is InChI=1S/C37H31F3N4O4S2/c1-3-42(4-2)23-18-16-22(17-19-23)29-30-31(34(47)44(33(30)46)27-15-8-7-13-25(27)37(38,39)40)49-35-32(29)50-36(48)43(35)20-28(45)41-26-14-9-11-21-10-5-6-12-24(21)26/h5-19,29-31H,3-4,20H2,1-2H3,(H,41,45). The molecule has 2 aliphatic heterocycles. The number of anilines is 3. The van der Waals surface area contributed by atoms with Gasteiger partial charge in [-0.05, 0) is 55.1 Å². The number of aromatic nitrogens is 1. The molecular formula is C37H31F3N4O4S2. The second-order valence-corrected chi connectivity index (χ2v) is 14.2. The third-order valence-electron chi connectivity index (χ3n) is 9.25. The summed E-state index contributed by atoms with van der Waals surface area (Å²) >= 11 is 1.84. The maximum Gasteiger partial charge on any atom is 0.418 e. The molecule has 5 aromatic rings. The highest BCUT2D eigenvalue weighted by Gasteiger charge is 2.57. The monoisotopic (exact) mass is 716 g/mol. The lowest BCUT2D eigenvalue weighted by atomic mass is 9.83. The fraction of sp³-hybridized carbons (Fsp3) is 0.243. The second kappa shape index (κ2) is 13.1. The molecule has 0 aliphatic carbocycles. The number of fused-ring (bicyclic) bond motifs is 3. The van der Waals surface area contributed by atoms with Crippen molar-refractivity contribution >= 4 is 68.7 Å². The number of hydrogen-bond donors (Lipinski definition) is 1. The van der Waals surface area contributed by atoms with Crippen LogP contribution in [0.25, 0.3) is 10.8 Å². The first-order valence-corrected chi connectivity index (χ1v) is 17.8. The Kier molecular flexibility index (Phi) is 8.81.